The van der Waals surface area contributed by atoms with E-state index in [9.17, 15) is 0 Å². The van der Waals surface area contributed by atoms with Crippen LogP contribution in [0.15, 0.2) is 0 Å². The lowest BCUT2D eigenvalue weighted by molar-refractivity contribution is 0.0930. The van der Waals surface area contributed by atoms with Crippen molar-refractivity contribution in [2.24, 2.45) is 5.92 Å². The zero-order valence-electron chi connectivity index (χ0n) is 8.95. The molecular formula is C10H23NO3. The fourth-order valence-corrected chi connectivity index (χ4v) is 1.46. The largest absolute Gasteiger partial charge is 0.396 e. The predicted molar refractivity (Wildman–Crippen MR) is 56.1 cm³/mol. The van der Waals surface area contributed by atoms with Crippen molar-refractivity contribution in [2.45, 2.75) is 32.3 Å². The summed E-state index contributed by atoms with van der Waals surface area (Å²) in [5.74, 6) is 0.468. The van der Waals surface area contributed by atoms with E-state index in [0.717, 1.165) is 25.8 Å². The SMILES string of the molecule is CCCC(CCO)CNCC(O)CO. The Bertz CT molecular complexity index is 116. The summed E-state index contributed by atoms with van der Waals surface area (Å²) in [5.41, 5.74) is 0. The second-order valence-electron chi connectivity index (χ2n) is 3.66. The Balaban J connectivity index is 3.49. The van der Waals surface area contributed by atoms with Crippen molar-refractivity contribution >= 4 is 0 Å². The predicted octanol–water partition coefficient (Wildman–Crippen LogP) is -0.272. The minimum absolute atomic E-state index is 0.203. The van der Waals surface area contributed by atoms with Crippen molar-refractivity contribution < 1.29 is 15.3 Å². The van der Waals surface area contributed by atoms with Crippen LogP contribution in [0, 0.1) is 5.92 Å². The van der Waals surface area contributed by atoms with Gasteiger partial charge in [-0.1, -0.05) is 13.3 Å². The summed E-state index contributed by atoms with van der Waals surface area (Å²) in [6.07, 6.45) is 2.32. The molecule has 0 aromatic carbocycles. The molecule has 0 radical (unpaired) electrons. The maximum absolute atomic E-state index is 9.07. The van der Waals surface area contributed by atoms with Gasteiger partial charge in [-0.3, -0.25) is 0 Å². The molecule has 0 saturated heterocycles. The maximum Gasteiger partial charge on any atom is 0.0894 e. The third-order valence-corrected chi connectivity index (χ3v) is 2.26. The summed E-state index contributed by atoms with van der Waals surface area (Å²) >= 11 is 0. The first-order valence-corrected chi connectivity index (χ1v) is 5.35. The van der Waals surface area contributed by atoms with E-state index in [2.05, 4.69) is 12.2 Å². The van der Waals surface area contributed by atoms with Gasteiger partial charge in [-0.05, 0) is 25.3 Å². The molecule has 2 unspecified atom stereocenters. The van der Waals surface area contributed by atoms with Gasteiger partial charge in [-0.2, -0.15) is 0 Å². The highest BCUT2D eigenvalue weighted by atomic mass is 16.3. The fourth-order valence-electron chi connectivity index (χ4n) is 1.46. The Morgan fingerprint density at radius 1 is 1.14 bits per heavy atom. The van der Waals surface area contributed by atoms with Crippen LogP contribution in [0.25, 0.3) is 0 Å². The third kappa shape index (κ3) is 7.26. The summed E-state index contributed by atoms with van der Waals surface area (Å²) in [6.45, 7) is 3.35. The molecule has 0 aromatic heterocycles. The molecule has 0 aromatic rings. The molecule has 0 bridgehead atoms. The van der Waals surface area contributed by atoms with Gasteiger partial charge in [-0.25, -0.2) is 0 Å². The van der Waals surface area contributed by atoms with Gasteiger partial charge in [0.15, 0.2) is 0 Å². The zero-order valence-corrected chi connectivity index (χ0v) is 8.95. The van der Waals surface area contributed by atoms with Gasteiger partial charge < -0.3 is 20.6 Å². The van der Waals surface area contributed by atoms with Crippen molar-refractivity contribution in [3.63, 3.8) is 0 Å². The number of hydrogen-bond acceptors (Lipinski definition) is 4. The van der Waals surface area contributed by atoms with Crippen molar-refractivity contribution in [3.8, 4) is 0 Å². The van der Waals surface area contributed by atoms with E-state index in [-0.39, 0.29) is 13.2 Å². The Morgan fingerprint density at radius 3 is 2.36 bits per heavy atom. The van der Waals surface area contributed by atoms with Gasteiger partial charge in [-0.15, -0.1) is 0 Å². The van der Waals surface area contributed by atoms with Gasteiger partial charge in [0.05, 0.1) is 12.7 Å². The summed E-state index contributed by atoms with van der Waals surface area (Å²) in [5, 5.41) is 29.5. The topological polar surface area (TPSA) is 72.7 Å². The van der Waals surface area contributed by atoms with Crippen LogP contribution in [0.4, 0.5) is 0 Å². The molecular weight excluding hydrogens is 182 g/mol. The third-order valence-electron chi connectivity index (χ3n) is 2.26. The van der Waals surface area contributed by atoms with Crippen LogP contribution in [0.5, 0.6) is 0 Å². The second-order valence-corrected chi connectivity index (χ2v) is 3.66. The second kappa shape index (κ2) is 9.40. The van der Waals surface area contributed by atoms with E-state index in [1.165, 1.54) is 0 Å². The minimum Gasteiger partial charge on any atom is -0.396 e. The molecule has 4 nitrogen and oxygen atoms in total. The molecule has 0 rings (SSSR count). The first-order valence-electron chi connectivity index (χ1n) is 5.35. The Morgan fingerprint density at radius 2 is 1.86 bits per heavy atom. The first kappa shape index (κ1) is 13.8. The summed E-state index contributed by atoms with van der Waals surface area (Å²) < 4.78 is 0. The molecule has 4 heteroatoms. The molecule has 0 spiro atoms. The molecule has 0 aliphatic carbocycles. The van der Waals surface area contributed by atoms with Crippen LogP contribution < -0.4 is 5.32 Å². The number of nitrogens with one attached hydrogen (secondary N) is 1. The highest BCUT2D eigenvalue weighted by Crippen LogP contribution is 2.08. The van der Waals surface area contributed by atoms with E-state index >= 15 is 0 Å². The zero-order chi connectivity index (χ0) is 10.8. The Hall–Kier alpha value is -0.160. The summed E-state index contributed by atoms with van der Waals surface area (Å²) in [6, 6.07) is 0. The summed E-state index contributed by atoms with van der Waals surface area (Å²) in [7, 11) is 0. The fraction of sp³-hybridized carbons (Fsp3) is 1.00. The van der Waals surface area contributed by atoms with E-state index in [1.807, 2.05) is 0 Å². The van der Waals surface area contributed by atoms with Crippen LogP contribution in [-0.2, 0) is 0 Å². The highest BCUT2D eigenvalue weighted by Gasteiger charge is 2.07. The molecule has 0 aliphatic heterocycles. The summed E-state index contributed by atoms with van der Waals surface area (Å²) in [4.78, 5) is 0. The maximum atomic E-state index is 9.07. The Kier molecular flexibility index (Phi) is 9.29. The number of hydrogen-bond donors (Lipinski definition) is 4. The van der Waals surface area contributed by atoms with Crippen molar-refractivity contribution in [3.05, 3.63) is 0 Å². The van der Waals surface area contributed by atoms with Gasteiger partial charge >= 0.3 is 0 Å². The van der Waals surface area contributed by atoms with E-state index in [1.54, 1.807) is 0 Å². The van der Waals surface area contributed by atoms with Gasteiger partial charge in [0, 0.05) is 13.2 Å². The molecule has 4 N–H and O–H groups in total. The van der Waals surface area contributed by atoms with Crippen LogP contribution in [0.2, 0.25) is 0 Å². The average molecular weight is 205 g/mol. The van der Waals surface area contributed by atoms with Crippen LogP contribution in [0.1, 0.15) is 26.2 Å². The van der Waals surface area contributed by atoms with Gasteiger partial charge in [0.25, 0.3) is 0 Å². The van der Waals surface area contributed by atoms with E-state index in [0.29, 0.717) is 12.5 Å². The molecule has 2 atom stereocenters. The lowest BCUT2D eigenvalue weighted by atomic mass is 10.0. The molecule has 14 heavy (non-hydrogen) atoms. The molecule has 0 saturated carbocycles. The molecule has 86 valence electrons. The normalized spacial score (nSPS) is 15.4. The molecule has 0 amide bonds. The van der Waals surface area contributed by atoms with Gasteiger partial charge in [0.1, 0.15) is 0 Å². The molecule has 0 aliphatic rings. The molecule has 0 fully saturated rings. The smallest absolute Gasteiger partial charge is 0.0894 e. The standard InChI is InChI=1S/C10H23NO3/c1-2-3-9(4-5-12)6-11-7-10(14)8-13/h9-14H,2-8H2,1H3. The van der Waals surface area contributed by atoms with E-state index < -0.39 is 6.10 Å². The van der Waals surface area contributed by atoms with Gasteiger partial charge in [0.2, 0.25) is 0 Å². The van der Waals surface area contributed by atoms with Crippen molar-refractivity contribution in [2.75, 3.05) is 26.3 Å². The number of rotatable bonds is 9. The lowest BCUT2D eigenvalue weighted by Crippen LogP contribution is -2.33. The minimum atomic E-state index is -0.675. The molecule has 0 heterocycles. The highest BCUT2D eigenvalue weighted by molar-refractivity contribution is 4.64. The van der Waals surface area contributed by atoms with Crippen molar-refractivity contribution in [1.29, 1.82) is 0 Å². The van der Waals surface area contributed by atoms with Crippen LogP contribution in [-0.4, -0.2) is 47.7 Å². The first-order chi connectivity index (χ1) is 6.74. The van der Waals surface area contributed by atoms with E-state index in [4.69, 9.17) is 15.3 Å². The Labute approximate surface area is 86.0 Å². The monoisotopic (exact) mass is 205 g/mol. The van der Waals surface area contributed by atoms with Crippen LogP contribution >= 0.6 is 0 Å². The average Bonchev–Trinajstić information content (AvgIpc) is 2.18. The lowest BCUT2D eigenvalue weighted by Gasteiger charge is -2.16. The van der Waals surface area contributed by atoms with Crippen LogP contribution in [0.3, 0.4) is 0 Å². The van der Waals surface area contributed by atoms with Crippen molar-refractivity contribution in [1.82, 2.24) is 5.32 Å². The number of aliphatic hydroxyl groups excluding tert-OH is 3. The number of aliphatic hydroxyl groups is 3. The quantitative estimate of drug-likeness (QED) is 0.418.